The highest BCUT2D eigenvalue weighted by molar-refractivity contribution is 6.34. The first-order valence-corrected chi connectivity index (χ1v) is 10.7. The standard InChI is InChI=1S/C22H21ClN8O3/c1-3-12-33-15-10-8-14(9-11-15)19-18(26-30-31(19)21-20(24)28-34-29-21)22(32)27-25-13(2)16-6-4-5-7-17(16)23/h4-11H,3,12H2,1-2H3,(H2,24,28)(H,27,32)/b25-13-. The van der Waals surface area contributed by atoms with Crippen LogP contribution >= 0.6 is 11.6 Å². The largest absolute Gasteiger partial charge is 0.494 e. The quantitative estimate of drug-likeness (QED) is 0.287. The van der Waals surface area contributed by atoms with Gasteiger partial charge in [0.25, 0.3) is 5.91 Å². The summed E-state index contributed by atoms with van der Waals surface area (Å²) < 4.78 is 11.6. The van der Waals surface area contributed by atoms with E-state index in [1.54, 1.807) is 43.3 Å². The Labute approximate surface area is 199 Å². The number of benzene rings is 2. The molecule has 0 aliphatic heterocycles. The predicted octanol–water partition coefficient (Wildman–Crippen LogP) is 3.50. The van der Waals surface area contributed by atoms with Gasteiger partial charge >= 0.3 is 0 Å². The minimum Gasteiger partial charge on any atom is -0.494 e. The Kier molecular flexibility index (Phi) is 6.83. The van der Waals surface area contributed by atoms with E-state index in [9.17, 15) is 4.79 Å². The number of nitrogens with one attached hydrogen (secondary N) is 1. The van der Waals surface area contributed by atoms with Crippen molar-refractivity contribution in [1.29, 1.82) is 0 Å². The van der Waals surface area contributed by atoms with Gasteiger partial charge in [-0.2, -0.15) is 9.78 Å². The van der Waals surface area contributed by atoms with Crippen LogP contribution in [0, 0.1) is 0 Å². The molecule has 0 saturated heterocycles. The van der Waals surface area contributed by atoms with E-state index in [0.717, 1.165) is 6.42 Å². The van der Waals surface area contributed by atoms with Gasteiger partial charge in [0.05, 0.1) is 12.3 Å². The van der Waals surface area contributed by atoms with E-state index >= 15 is 0 Å². The smallest absolute Gasteiger partial charge is 0.294 e. The monoisotopic (exact) mass is 480 g/mol. The first-order chi connectivity index (χ1) is 16.5. The van der Waals surface area contributed by atoms with Crippen molar-refractivity contribution in [1.82, 2.24) is 30.7 Å². The van der Waals surface area contributed by atoms with E-state index in [2.05, 4.69) is 31.2 Å². The number of halogens is 1. The zero-order valence-corrected chi connectivity index (χ0v) is 19.2. The maximum atomic E-state index is 13.1. The van der Waals surface area contributed by atoms with E-state index in [4.69, 9.17) is 26.7 Å². The molecule has 1 amide bonds. The summed E-state index contributed by atoms with van der Waals surface area (Å²) in [5, 5.41) is 20.1. The van der Waals surface area contributed by atoms with Crippen molar-refractivity contribution < 1.29 is 14.2 Å². The molecule has 0 bridgehead atoms. The predicted molar refractivity (Wildman–Crippen MR) is 126 cm³/mol. The molecule has 0 unspecified atom stereocenters. The lowest BCUT2D eigenvalue weighted by Crippen LogP contribution is -2.21. The van der Waals surface area contributed by atoms with E-state index in [0.29, 0.717) is 39.9 Å². The molecule has 0 spiro atoms. The van der Waals surface area contributed by atoms with E-state index in [-0.39, 0.29) is 17.3 Å². The summed E-state index contributed by atoms with van der Waals surface area (Å²) >= 11 is 6.21. The van der Waals surface area contributed by atoms with Gasteiger partial charge in [-0.25, -0.2) is 10.1 Å². The number of hydrazone groups is 1. The molecule has 3 N–H and O–H groups in total. The van der Waals surface area contributed by atoms with Gasteiger partial charge in [-0.05, 0) is 54.0 Å². The SMILES string of the molecule is CCCOc1ccc(-c2c(C(=O)N/N=C(/C)c3ccccc3Cl)nnn2-c2nonc2N)cc1. The van der Waals surface area contributed by atoms with Crippen LogP contribution in [0.2, 0.25) is 5.02 Å². The first kappa shape index (κ1) is 22.9. The number of amides is 1. The Balaban J connectivity index is 1.69. The number of nitrogen functional groups attached to an aromatic ring is 1. The zero-order valence-electron chi connectivity index (χ0n) is 18.4. The summed E-state index contributed by atoms with van der Waals surface area (Å²) in [5.41, 5.74) is 10.5. The fraction of sp³-hybridized carbons (Fsp3) is 0.182. The second-order valence-corrected chi connectivity index (χ2v) is 7.57. The molecule has 2 aromatic carbocycles. The molecule has 174 valence electrons. The first-order valence-electron chi connectivity index (χ1n) is 10.4. The fourth-order valence-electron chi connectivity index (χ4n) is 3.11. The number of carbonyl (C=O) groups is 1. The molecule has 2 aromatic heterocycles. The minimum absolute atomic E-state index is 0.000310. The summed E-state index contributed by atoms with van der Waals surface area (Å²) in [6.45, 7) is 4.35. The number of nitrogens with zero attached hydrogens (tertiary/aromatic N) is 6. The van der Waals surface area contributed by atoms with Crippen LogP contribution in [0.5, 0.6) is 5.75 Å². The average molecular weight is 481 g/mol. The topological polar surface area (TPSA) is 146 Å². The van der Waals surface area contributed by atoms with Crippen LogP contribution < -0.4 is 15.9 Å². The molecule has 34 heavy (non-hydrogen) atoms. The Morgan fingerprint density at radius 3 is 2.65 bits per heavy atom. The maximum Gasteiger partial charge on any atom is 0.294 e. The van der Waals surface area contributed by atoms with Gasteiger partial charge in [0.1, 0.15) is 11.4 Å². The average Bonchev–Trinajstić information content (AvgIpc) is 3.47. The molecule has 0 aliphatic carbocycles. The van der Waals surface area contributed by atoms with E-state index in [1.807, 2.05) is 19.1 Å². The van der Waals surface area contributed by atoms with E-state index in [1.165, 1.54) is 4.68 Å². The van der Waals surface area contributed by atoms with Gasteiger partial charge in [-0.1, -0.05) is 41.9 Å². The van der Waals surface area contributed by atoms with Crippen molar-refractivity contribution in [2.75, 3.05) is 12.3 Å². The highest BCUT2D eigenvalue weighted by atomic mass is 35.5. The number of anilines is 1. The van der Waals surface area contributed by atoms with Crippen molar-refractivity contribution in [3.63, 3.8) is 0 Å². The summed E-state index contributed by atoms with van der Waals surface area (Å²) in [5.74, 6) is 0.199. The molecular weight excluding hydrogens is 460 g/mol. The third kappa shape index (κ3) is 4.74. The normalized spacial score (nSPS) is 11.4. The third-order valence-electron chi connectivity index (χ3n) is 4.77. The number of rotatable bonds is 8. The maximum absolute atomic E-state index is 13.1. The molecule has 0 aliphatic rings. The lowest BCUT2D eigenvalue weighted by molar-refractivity contribution is 0.0950. The molecule has 0 fully saturated rings. The Hall–Kier alpha value is -4.25. The second kappa shape index (κ2) is 10.1. The molecule has 0 radical (unpaired) electrons. The van der Waals surface area contributed by atoms with Crippen molar-refractivity contribution >= 4 is 29.0 Å². The Morgan fingerprint density at radius 1 is 1.21 bits per heavy atom. The molecule has 4 rings (SSSR count). The summed E-state index contributed by atoms with van der Waals surface area (Å²) in [6, 6.07) is 14.3. The minimum atomic E-state index is -0.589. The van der Waals surface area contributed by atoms with Crippen LogP contribution in [0.25, 0.3) is 17.1 Å². The van der Waals surface area contributed by atoms with Crippen LogP contribution in [0.15, 0.2) is 58.3 Å². The number of carbonyl (C=O) groups excluding carboxylic acids is 1. The van der Waals surface area contributed by atoms with Crippen LogP contribution in [-0.2, 0) is 0 Å². The van der Waals surface area contributed by atoms with Gasteiger partial charge in [0.15, 0.2) is 5.69 Å². The number of hydrogen-bond acceptors (Lipinski definition) is 9. The molecule has 11 nitrogen and oxygen atoms in total. The Bertz CT molecular complexity index is 1330. The Morgan fingerprint density at radius 2 is 1.97 bits per heavy atom. The van der Waals surface area contributed by atoms with Gasteiger partial charge < -0.3 is 10.5 Å². The highest BCUT2D eigenvalue weighted by Gasteiger charge is 2.25. The van der Waals surface area contributed by atoms with Gasteiger partial charge in [0, 0.05) is 16.1 Å². The van der Waals surface area contributed by atoms with Gasteiger partial charge in [-0.3, -0.25) is 4.79 Å². The van der Waals surface area contributed by atoms with Crippen LogP contribution in [0.4, 0.5) is 5.82 Å². The molecule has 0 saturated carbocycles. The number of nitrogens with two attached hydrogens (primary N) is 1. The van der Waals surface area contributed by atoms with Gasteiger partial charge in [-0.15, -0.1) is 5.10 Å². The highest BCUT2D eigenvalue weighted by Crippen LogP contribution is 2.28. The van der Waals surface area contributed by atoms with Crippen LogP contribution in [-0.4, -0.2) is 43.5 Å². The molecule has 2 heterocycles. The molecule has 4 aromatic rings. The fourth-order valence-corrected chi connectivity index (χ4v) is 3.38. The van der Waals surface area contributed by atoms with Crippen molar-refractivity contribution in [3.05, 3.63) is 64.8 Å². The number of aromatic nitrogens is 5. The molecule has 0 atom stereocenters. The second-order valence-electron chi connectivity index (χ2n) is 7.16. The molecule has 12 heteroatoms. The summed E-state index contributed by atoms with van der Waals surface area (Å²) in [4.78, 5) is 13.1. The number of ether oxygens (including phenoxy) is 1. The van der Waals surface area contributed by atoms with Crippen LogP contribution in [0.3, 0.4) is 0 Å². The summed E-state index contributed by atoms with van der Waals surface area (Å²) in [6.07, 6.45) is 0.884. The lowest BCUT2D eigenvalue weighted by atomic mass is 10.1. The summed E-state index contributed by atoms with van der Waals surface area (Å²) in [7, 11) is 0. The van der Waals surface area contributed by atoms with Crippen molar-refractivity contribution in [2.24, 2.45) is 5.10 Å². The molecular formula is C22H21ClN8O3. The number of hydrogen-bond donors (Lipinski definition) is 2. The van der Waals surface area contributed by atoms with Crippen molar-refractivity contribution in [2.45, 2.75) is 20.3 Å². The zero-order chi connectivity index (χ0) is 24.1. The third-order valence-corrected chi connectivity index (χ3v) is 5.10. The van der Waals surface area contributed by atoms with E-state index < -0.39 is 5.91 Å². The van der Waals surface area contributed by atoms with Crippen molar-refractivity contribution in [3.8, 4) is 22.8 Å². The van der Waals surface area contributed by atoms with Gasteiger partial charge in [0.2, 0.25) is 11.6 Å². The lowest BCUT2D eigenvalue weighted by Gasteiger charge is -2.08. The van der Waals surface area contributed by atoms with Crippen LogP contribution in [0.1, 0.15) is 36.3 Å².